The van der Waals surface area contributed by atoms with Gasteiger partial charge in [-0.15, -0.1) is 0 Å². The number of nitriles is 1. The van der Waals surface area contributed by atoms with Gasteiger partial charge >= 0.3 is 0 Å². The number of aromatic nitrogens is 3. The number of ether oxygens (including phenoxy) is 1. The van der Waals surface area contributed by atoms with Crippen molar-refractivity contribution in [2.24, 2.45) is 5.41 Å². The van der Waals surface area contributed by atoms with Crippen LogP contribution in [-0.4, -0.2) is 34.7 Å². The van der Waals surface area contributed by atoms with Crippen LogP contribution in [0.15, 0.2) is 24.5 Å². The molecule has 1 saturated heterocycles. The molecule has 0 bridgehead atoms. The van der Waals surface area contributed by atoms with Gasteiger partial charge in [0.2, 0.25) is 5.95 Å². The van der Waals surface area contributed by atoms with E-state index in [2.05, 4.69) is 26.3 Å². The molecule has 6 nitrogen and oxygen atoms in total. The topological polar surface area (TPSA) is 83.7 Å². The molecule has 24 heavy (non-hydrogen) atoms. The van der Waals surface area contributed by atoms with Crippen molar-refractivity contribution in [3.05, 3.63) is 35.5 Å². The van der Waals surface area contributed by atoms with Crippen LogP contribution in [0.25, 0.3) is 11.4 Å². The van der Waals surface area contributed by atoms with E-state index in [9.17, 15) is 9.65 Å². The summed E-state index contributed by atoms with van der Waals surface area (Å²) in [6.45, 7) is 1.62. The highest BCUT2D eigenvalue weighted by molar-refractivity contribution is 6.33. The van der Waals surface area contributed by atoms with E-state index in [1.807, 2.05) is 0 Å². The first-order valence-electron chi connectivity index (χ1n) is 7.49. The van der Waals surface area contributed by atoms with Gasteiger partial charge in [-0.3, -0.25) is 0 Å². The summed E-state index contributed by atoms with van der Waals surface area (Å²) in [6.07, 6.45) is 4.14. The maximum Gasteiger partial charge on any atom is 0.213 e. The molecule has 0 aromatic carbocycles. The summed E-state index contributed by atoms with van der Waals surface area (Å²) < 4.78 is 18.7. The summed E-state index contributed by atoms with van der Waals surface area (Å²) >= 11 is 6.04. The van der Waals surface area contributed by atoms with Gasteiger partial charge in [-0.05, 0) is 18.9 Å². The lowest BCUT2D eigenvalue weighted by Crippen LogP contribution is -2.34. The summed E-state index contributed by atoms with van der Waals surface area (Å²) in [5.74, 6) is 0.195. The minimum atomic E-state index is -0.651. The Bertz CT molecular complexity index is 773. The molecule has 0 spiro atoms. The lowest BCUT2D eigenvalue weighted by Gasteiger charge is -2.30. The van der Waals surface area contributed by atoms with E-state index < -0.39 is 11.4 Å². The normalized spacial score (nSPS) is 16.4. The Labute approximate surface area is 143 Å². The SMILES string of the molecule is N#CC1(CNc2ccnc(-c3cc(F)ncc3Cl)n2)CCOCC1. The number of halogens is 2. The number of nitrogens with zero attached hydrogens (tertiary/aromatic N) is 4. The van der Waals surface area contributed by atoms with Gasteiger partial charge in [0.25, 0.3) is 0 Å². The van der Waals surface area contributed by atoms with Crippen molar-refractivity contribution in [1.29, 1.82) is 5.26 Å². The second-order valence-electron chi connectivity index (χ2n) is 5.61. The highest BCUT2D eigenvalue weighted by Gasteiger charge is 2.32. The van der Waals surface area contributed by atoms with Gasteiger partial charge in [-0.1, -0.05) is 11.6 Å². The molecule has 8 heteroatoms. The summed E-state index contributed by atoms with van der Waals surface area (Å²) in [7, 11) is 0. The predicted molar refractivity (Wildman–Crippen MR) is 86.8 cm³/mol. The van der Waals surface area contributed by atoms with Crippen LogP contribution in [0.2, 0.25) is 5.02 Å². The second-order valence-corrected chi connectivity index (χ2v) is 6.02. The molecule has 0 amide bonds. The van der Waals surface area contributed by atoms with E-state index in [0.29, 0.717) is 49.8 Å². The standard InChI is InChI=1S/C16H15ClFN5O/c17-12-8-21-13(18)7-11(12)15-20-4-1-14(23-15)22-10-16(9-19)2-5-24-6-3-16/h1,4,7-8H,2-3,5-6,10H2,(H,20,22,23). The van der Waals surface area contributed by atoms with Crippen LogP contribution in [0, 0.1) is 22.7 Å². The Hall–Kier alpha value is -2.30. The first-order valence-corrected chi connectivity index (χ1v) is 7.87. The molecule has 2 aromatic rings. The fraction of sp³-hybridized carbons (Fsp3) is 0.375. The maximum atomic E-state index is 13.3. The van der Waals surface area contributed by atoms with Crippen LogP contribution in [0.4, 0.5) is 10.2 Å². The first-order chi connectivity index (χ1) is 11.6. The third-order valence-electron chi connectivity index (χ3n) is 4.01. The van der Waals surface area contributed by atoms with Crippen LogP contribution >= 0.6 is 11.6 Å². The quantitative estimate of drug-likeness (QED) is 0.856. The zero-order valence-electron chi connectivity index (χ0n) is 12.8. The molecule has 0 radical (unpaired) electrons. The molecule has 1 N–H and O–H groups in total. The van der Waals surface area contributed by atoms with Crippen LogP contribution in [0.5, 0.6) is 0 Å². The molecule has 0 unspecified atom stereocenters. The Morgan fingerprint density at radius 1 is 1.38 bits per heavy atom. The smallest absolute Gasteiger partial charge is 0.213 e. The fourth-order valence-corrected chi connectivity index (χ4v) is 2.71. The summed E-state index contributed by atoms with van der Waals surface area (Å²) in [4.78, 5) is 12.0. The summed E-state index contributed by atoms with van der Waals surface area (Å²) in [5, 5.41) is 12.9. The number of anilines is 1. The lowest BCUT2D eigenvalue weighted by molar-refractivity contribution is 0.0455. The molecule has 0 atom stereocenters. The fourth-order valence-electron chi connectivity index (χ4n) is 2.52. The lowest BCUT2D eigenvalue weighted by atomic mass is 9.82. The Morgan fingerprint density at radius 2 is 2.17 bits per heavy atom. The van der Waals surface area contributed by atoms with Gasteiger partial charge in [-0.2, -0.15) is 9.65 Å². The molecule has 124 valence electrons. The van der Waals surface area contributed by atoms with Crippen molar-refractivity contribution in [1.82, 2.24) is 15.0 Å². The molecule has 3 rings (SSSR count). The molecule has 1 aliphatic heterocycles. The van der Waals surface area contributed by atoms with E-state index in [-0.39, 0.29) is 5.02 Å². The van der Waals surface area contributed by atoms with E-state index in [1.165, 1.54) is 12.3 Å². The molecule has 0 saturated carbocycles. The summed E-state index contributed by atoms with van der Waals surface area (Å²) in [5.41, 5.74) is -0.0991. The van der Waals surface area contributed by atoms with Gasteiger partial charge in [-0.25, -0.2) is 15.0 Å². The van der Waals surface area contributed by atoms with Crippen molar-refractivity contribution in [2.75, 3.05) is 25.1 Å². The maximum absolute atomic E-state index is 13.3. The highest BCUT2D eigenvalue weighted by atomic mass is 35.5. The highest BCUT2D eigenvalue weighted by Crippen LogP contribution is 2.30. The number of rotatable bonds is 4. The zero-order chi connectivity index (χ0) is 17.0. The Morgan fingerprint density at radius 3 is 2.92 bits per heavy atom. The number of pyridine rings is 1. The molecule has 0 aliphatic carbocycles. The van der Waals surface area contributed by atoms with E-state index in [4.69, 9.17) is 16.3 Å². The molecular weight excluding hydrogens is 333 g/mol. The minimum Gasteiger partial charge on any atom is -0.381 e. The molecule has 2 aromatic heterocycles. The van der Waals surface area contributed by atoms with Crippen molar-refractivity contribution < 1.29 is 9.13 Å². The predicted octanol–water partition coefficient (Wildman–Crippen LogP) is 3.06. The number of hydrogen-bond acceptors (Lipinski definition) is 6. The van der Waals surface area contributed by atoms with Crippen LogP contribution < -0.4 is 5.32 Å². The average molecular weight is 348 g/mol. The molecular formula is C16H15ClFN5O. The van der Waals surface area contributed by atoms with E-state index in [1.54, 1.807) is 12.3 Å². The van der Waals surface area contributed by atoms with Gasteiger partial charge in [0.15, 0.2) is 5.82 Å². The van der Waals surface area contributed by atoms with Gasteiger partial charge < -0.3 is 10.1 Å². The number of nitrogens with one attached hydrogen (secondary N) is 1. The third kappa shape index (κ3) is 3.61. The average Bonchev–Trinajstić information content (AvgIpc) is 2.63. The van der Waals surface area contributed by atoms with E-state index >= 15 is 0 Å². The van der Waals surface area contributed by atoms with Crippen molar-refractivity contribution in [3.8, 4) is 17.5 Å². The monoisotopic (exact) mass is 347 g/mol. The van der Waals surface area contributed by atoms with Crippen LogP contribution in [0.3, 0.4) is 0 Å². The zero-order valence-corrected chi connectivity index (χ0v) is 13.6. The largest absolute Gasteiger partial charge is 0.381 e. The molecule has 3 heterocycles. The number of hydrogen-bond donors (Lipinski definition) is 1. The van der Waals surface area contributed by atoms with Gasteiger partial charge in [0.1, 0.15) is 5.82 Å². The minimum absolute atomic E-state index is 0.270. The molecule has 1 aliphatic rings. The van der Waals surface area contributed by atoms with Crippen molar-refractivity contribution in [3.63, 3.8) is 0 Å². The second kappa shape index (κ2) is 7.07. The van der Waals surface area contributed by atoms with Gasteiger partial charge in [0.05, 0.1) is 16.5 Å². The van der Waals surface area contributed by atoms with Gasteiger partial charge in [0, 0.05) is 43.8 Å². The van der Waals surface area contributed by atoms with Crippen molar-refractivity contribution >= 4 is 17.4 Å². The molecule has 1 fully saturated rings. The Balaban J connectivity index is 1.78. The summed E-state index contributed by atoms with van der Waals surface area (Å²) in [6, 6.07) is 5.27. The van der Waals surface area contributed by atoms with Crippen LogP contribution in [0.1, 0.15) is 12.8 Å². The van der Waals surface area contributed by atoms with Crippen LogP contribution in [-0.2, 0) is 4.74 Å². The third-order valence-corrected chi connectivity index (χ3v) is 4.31. The Kier molecular flexibility index (Phi) is 4.88. The van der Waals surface area contributed by atoms with E-state index in [0.717, 1.165) is 0 Å². The first kappa shape index (κ1) is 16.6. The van der Waals surface area contributed by atoms with Crippen molar-refractivity contribution in [2.45, 2.75) is 12.8 Å².